The fourth-order valence-electron chi connectivity index (χ4n) is 3.16. The lowest BCUT2D eigenvalue weighted by Gasteiger charge is -2.33. The Hall–Kier alpha value is -1.84. The van der Waals surface area contributed by atoms with Crippen molar-refractivity contribution >= 4 is 11.9 Å². The summed E-state index contributed by atoms with van der Waals surface area (Å²) in [7, 11) is 0. The van der Waals surface area contributed by atoms with E-state index in [1.807, 2.05) is 32.9 Å². The lowest BCUT2D eigenvalue weighted by atomic mass is 9.97. The van der Waals surface area contributed by atoms with Crippen molar-refractivity contribution in [2.24, 2.45) is 0 Å². The molecule has 0 N–H and O–H groups in total. The van der Waals surface area contributed by atoms with Crippen LogP contribution in [0, 0.1) is 13.8 Å². The molecule has 1 fully saturated rings. The molecule has 0 radical (unpaired) electrons. The van der Waals surface area contributed by atoms with E-state index in [0.29, 0.717) is 26.0 Å². The number of likely N-dealkylation sites (tertiary alicyclic amines) is 1. The highest BCUT2D eigenvalue weighted by Gasteiger charge is 2.46. The van der Waals surface area contributed by atoms with Crippen LogP contribution >= 0.6 is 0 Å². The van der Waals surface area contributed by atoms with E-state index in [2.05, 4.69) is 6.07 Å². The SMILES string of the molecule is CCOC(=O)C1(C)CCCN1C(=O)Cc1ccc(C)cc1C. The third-order valence-corrected chi connectivity index (χ3v) is 4.50. The predicted octanol–water partition coefficient (Wildman–Crippen LogP) is 2.79. The van der Waals surface area contributed by atoms with Crippen LogP contribution in [-0.2, 0) is 20.7 Å². The topological polar surface area (TPSA) is 46.6 Å². The van der Waals surface area contributed by atoms with Gasteiger partial charge in [-0.1, -0.05) is 23.8 Å². The number of aryl methyl sites for hydroxylation is 2. The van der Waals surface area contributed by atoms with E-state index < -0.39 is 5.54 Å². The minimum atomic E-state index is -0.814. The number of amides is 1. The Morgan fingerprint density at radius 2 is 2.05 bits per heavy atom. The number of rotatable bonds is 4. The van der Waals surface area contributed by atoms with Gasteiger partial charge in [0.2, 0.25) is 5.91 Å². The van der Waals surface area contributed by atoms with Crippen LogP contribution in [0.15, 0.2) is 18.2 Å². The molecule has 1 heterocycles. The molecule has 0 aromatic heterocycles. The first-order valence-corrected chi connectivity index (χ1v) is 7.92. The monoisotopic (exact) mass is 303 g/mol. The molecule has 1 saturated heterocycles. The van der Waals surface area contributed by atoms with Gasteiger partial charge >= 0.3 is 5.97 Å². The molecule has 1 aliphatic rings. The van der Waals surface area contributed by atoms with Gasteiger partial charge in [-0.05, 0) is 51.7 Å². The summed E-state index contributed by atoms with van der Waals surface area (Å²) >= 11 is 0. The van der Waals surface area contributed by atoms with Gasteiger partial charge in [0.25, 0.3) is 0 Å². The number of hydrogen-bond donors (Lipinski definition) is 0. The lowest BCUT2D eigenvalue weighted by molar-refractivity contribution is -0.160. The molecule has 1 aliphatic heterocycles. The smallest absolute Gasteiger partial charge is 0.331 e. The molecule has 1 atom stereocenters. The molecule has 0 spiro atoms. The summed E-state index contributed by atoms with van der Waals surface area (Å²) in [5, 5.41) is 0. The lowest BCUT2D eigenvalue weighted by Crippen LogP contribution is -2.52. The first-order valence-electron chi connectivity index (χ1n) is 7.92. The van der Waals surface area contributed by atoms with Gasteiger partial charge in [-0.3, -0.25) is 4.79 Å². The van der Waals surface area contributed by atoms with Crippen molar-refractivity contribution in [1.29, 1.82) is 0 Å². The Balaban J connectivity index is 2.16. The van der Waals surface area contributed by atoms with Crippen LogP contribution in [-0.4, -0.2) is 35.5 Å². The van der Waals surface area contributed by atoms with Crippen LogP contribution < -0.4 is 0 Å². The molecular formula is C18H25NO3. The van der Waals surface area contributed by atoms with E-state index >= 15 is 0 Å². The average Bonchev–Trinajstić information content (AvgIpc) is 2.85. The second kappa shape index (κ2) is 6.51. The summed E-state index contributed by atoms with van der Waals surface area (Å²) in [6.07, 6.45) is 1.85. The Morgan fingerprint density at radius 1 is 1.32 bits per heavy atom. The third-order valence-electron chi connectivity index (χ3n) is 4.50. The van der Waals surface area contributed by atoms with Crippen molar-refractivity contribution in [1.82, 2.24) is 4.90 Å². The van der Waals surface area contributed by atoms with E-state index in [1.165, 1.54) is 5.56 Å². The van der Waals surface area contributed by atoms with Crippen molar-refractivity contribution in [3.63, 3.8) is 0 Å². The Bertz CT molecular complexity index is 582. The zero-order valence-electron chi connectivity index (χ0n) is 13.9. The van der Waals surface area contributed by atoms with E-state index in [-0.39, 0.29) is 11.9 Å². The van der Waals surface area contributed by atoms with Crippen LogP contribution in [0.25, 0.3) is 0 Å². The molecule has 1 amide bonds. The standard InChI is InChI=1S/C18H25NO3/c1-5-22-17(21)18(4)9-6-10-19(18)16(20)12-15-8-7-13(2)11-14(15)3/h7-8,11H,5-6,9-10,12H2,1-4H3. The molecule has 22 heavy (non-hydrogen) atoms. The van der Waals surface area contributed by atoms with Gasteiger partial charge in [0.1, 0.15) is 5.54 Å². The van der Waals surface area contributed by atoms with Crippen molar-refractivity contribution in [2.45, 2.75) is 52.5 Å². The Labute approximate surface area is 132 Å². The van der Waals surface area contributed by atoms with Crippen LogP contribution in [0.5, 0.6) is 0 Å². The van der Waals surface area contributed by atoms with Crippen molar-refractivity contribution in [2.75, 3.05) is 13.2 Å². The molecular weight excluding hydrogens is 278 g/mol. The number of nitrogens with zero attached hydrogens (tertiary/aromatic N) is 1. The van der Waals surface area contributed by atoms with Gasteiger partial charge in [-0.15, -0.1) is 0 Å². The highest BCUT2D eigenvalue weighted by atomic mass is 16.5. The second-order valence-corrected chi connectivity index (χ2v) is 6.25. The summed E-state index contributed by atoms with van der Waals surface area (Å²) in [4.78, 5) is 26.6. The van der Waals surface area contributed by atoms with Gasteiger partial charge in [-0.2, -0.15) is 0 Å². The number of esters is 1. The van der Waals surface area contributed by atoms with Gasteiger partial charge in [0.15, 0.2) is 0 Å². The summed E-state index contributed by atoms with van der Waals surface area (Å²) in [5.41, 5.74) is 2.51. The number of carbonyl (C=O) groups is 2. The van der Waals surface area contributed by atoms with Crippen LogP contribution in [0.3, 0.4) is 0 Å². The Kier molecular flexibility index (Phi) is 4.89. The quantitative estimate of drug-likeness (QED) is 0.804. The zero-order valence-corrected chi connectivity index (χ0v) is 13.9. The highest BCUT2D eigenvalue weighted by Crippen LogP contribution is 2.31. The predicted molar refractivity (Wildman–Crippen MR) is 85.6 cm³/mol. The first-order chi connectivity index (χ1) is 10.4. The molecule has 1 aromatic rings. The van der Waals surface area contributed by atoms with Crippen molar-refractivity contribution in [3.05, 3.63) is 34.9 Å². The summed E-state index contributed by atoms with van der Waals surface area (Å²) in [6.45, 7) is 8.63. The maximum absolute atomic E-state index is 12.7. The van der Waals surface area contributed by atoms with Crippen LogP contribution in [0.4, 0.5) is 0 Å². The van der Waals surface area contributed by atoms with Crippen molar-refractivity contribution < 1.29 is 14.3 Å². The third kappa shape index (κ3) is 3.16. The molecule has 0 bridgehead atoms. The molecule has 2 rings (SSSR count). The molecule has 4 heteroatoms. The van der Waals surface area contributed by atoms with Crippen LogP contribution in [0.2, 0.25) is 0 Å². The molecule has 0 saturated carbocycles. The average molecular weight is 303 g/mol. The molecule has 1 unspecified atom stereocenters. The number of benzene rings is 1. The van der Waals surface area contributed by atoms with E-state index in [0.717, 1.165) is 17.5 Å². The van der Waals surface area contributed by atoms with E-state index in [4.69, 9.17) is 4.74 Å². The number of carbonyl (C=O) groups excluding carboxylic acids is 2. The number of ether oxygens (including phenoxy) is 1. The zero-order chi connectivity index (χ0) is 16.3. The van der Waals surface area contributed by atoms with Crippen molar-refractivity contribution in [3.8, 4) is 0 Å². The minimum Gasteiger partial charge on any atom is -0.464 e. The first kappa shape index (κ1) is 16.5. The van der Waals surface area contributed by atoms with Gasteiger partial charge in [-0.25, -0.2) is 4.79 Å². The number of hydrogen-bond acceptors (Lipinski definition) is 3. The fraction of sp³-hybridized carbons (Fsp3) is 0.556. The summed E-state index contributed by atoms with van der Waals surface area (Å²) < 4.78 is 5.17. The van der Waals surface area contributed by atoms with Gasteiger partial charge in [0.05, 0.1) is 13.0 Å². The van der Waals surface area contributed by atoms with Gasteiger partial charge in [0, 0.05) is 6.54 Å². The van der Waals surface area contributed by atoms with E-state index in [1.54, 1.807) is 11.8 Å². The maximum Gasteiger partial charge on any atom is 0.331 e. The summed E-state index contributed by atoms with van der Waals surface area (Å²) in [6, 6.07) is 6.10. The van der Waals surface area contributed by atoms with Gasteiger partial charge < -0.3 is 9.64 Å². The van der Waals surface area contributed by atoms with E-state index in [9.17, 15) is 9.59 Å². The molecule has 120 valence electrons. The molecule has 1 aromatic carbocycles. The normalized spacial score (nSPS) is 21.0. The Morgan fingerprint density at radius 3 is 2.68 bits per heavy atom. The highest BCUT2D eigenvalue weighted by molar-refractivity contribution is 5.89. The molecule has 4 nitrogen and oxygen atoms in total. The largest absolute Gasteiger partial charge is 0.464 e. The summed E-state index contributed by atoms with van der Waals surface area (Å²) in [5.74, 6) is -0.290. The fourth-order valence-corrected chi connectivity index (χ4v) is 3.16. The molecule has 0 aliphatic carbocycles. The second-order valence-electron chi connectivity index (χ2n) is 6.25. The maximum atomic E-state index is 12.7. The van der Waals surface area contributed by atoms with Crippen LogP contribution in [0.1, 0.15) is 43.4 Å². The minimum absolute atomic E-state index is 0.00000567.